The molecule has 0 spiro atoms. The lowest BCUT2D eigenvalue weighted by molar-refractivity contribution is -0.121. The number of ether oxygens (including phenoxy) is 1. The third kappa shape index (κ3) is 15.9. The molecule has 1 fully saturated rings. The molecule has 1 aliphatic carbocycles. The quantitative estimate of drug-likeness (QED) is 0.0126. The van der Waals surface area contributed by atoms with Crippen molar-refractivity contribution >= 4 is 76.5 Å². The Hall–Kier alpha value is -6.27. The Labute approximate surface area is 497 Å². The molecular weight excluding hydrogens is 1200 g/mol. The molecule has 4 aromatic rings. The number of phosphoric ester groups is 2. The minimum absolute atomic E-state index is 0.0444. The van der Waals surface area contributed by atoms with E-state index in [0.717, 1.165) is 47.0 Å². The molecule has 1 amide bonds. The van der Waals surface area contributed by atoms with Crippen molar-refractivity contribution in [3.63, 3.8) is 0 Å². The van der Waals surface area contributed by atoms with E-state index in [1.807, 2.05) is 79.4 Å². The molecule has 8 rings (SSSR count). The first-order chi connectivity index (χ1) is 40.6. The monoisotopic (exact) mass is 1270 g/mol. The zero-order valence-corrected chi connectivity index (χ0v) is 51.1. The highest BCUT2D eigenvalue weighted by molar-refractivity contribution is 7.86. The van der Waals surface area contributed by atoms with E-state index < -0.39 is 78.2 Å². The molecule has 31 heteroatoms. The number of nitrogens with zero attached hydrogens (tertiary/aromatic N) is 6. The zero-order chi connectivity index (χ0) is 62.4. The number of hydrogen-bond acceptors (Lipinski definition) is 19. The van der Waals surface area contributed by atoms with Crippen molar-refractivity contribution in [3.05, 3.63) is 113 Å². The number of allylic oxidation sites excluding steroid dienone is 3. The van der Waals surface area contributed by atoms with Crippen molar-refractivity contribution in [1.29, 1.82) is 0 Å². The number of aromatic nitrogens is 4. The molecular formula is C55H71N9O18P2S2. The largest absolute Gasteiger partial charge is 0.748 e. The topological polar surface area (TPSA) is 405 Å². The number of nitrogens with one attached hydrogen (secondary N) is 2. The fourth-order valence-electron chi connectivity index (χ4n) is 11.1. The number of nitrogens with two attached hydrogens (primary N) is 1. The highest BCUT2D eigenvalue weighted by atomic mass is 32.2. The molecule has 2 aromatic carbocycles. The van der Waals surface area contributed by atoms with Crippen molar-refractivity contribution in [2.24, 2.45) is 0 Å². The van der Waals surface area contributed by atoms with E-state index in [1.165, 1.54) is 16.7 Å². The van der Waals surface area contributed by atoms with E-state index in [0.29, 0.717) is 80.1 Å². The minimum atomic E-state index is -5.28. The Morgan fingerprint density at radius 1 is 0.942 bits per heavy atom. The number of unbranched alkanes of at least 4 members (excludes halogenated alkanes) is 3. The number of aliphatic hydroxyl groups excluding tert-OH is 1. The van der Waals surface area contributed by atoms with Gasteiger partial charge in [0.2, 0.25) is 17.2 Å². The fourth-order valence-corrected chi connectivity index (χ4v) is 13.0. The maximum absolute atomic E-state index is 13.5. The van der Waals surface area contributed by atoms with Gasteiger partial charge in [-0.05, 0) is 101 Å². The van der Waals surface area contributed by atoms with Crippen LogP contribution in [-0.2, 0) is 53.4 Å². The SMILES string of the molecule is CC[N+](CC)=c1ccc2c(/C=C/C=C3\N(CCCS(=O)(=O)[O-])c4ccc(S(=O)(=O)O)cc4C3(C)CCCC(=O)NCCCCCCNc3nc4c(N)ncnc4n3[C@@H]3O[C@H](COP(=O)(O)O)[C@@H](OP(=O)(O)O)[C@H]3O)c(C)c(-c3ccccc3)oc-2c1. The number of imidazole rings is 1. The van der Waals surface area contributed by atoms with Gasteiger partial charge in [0.25, 0.3) is 10.1 Å². The smallest absolute Gasteiger partial charge is 0.470 e. The van der Waals surface area contributed by atoms with Crippen molar-refractivity contribution in [1.82, 2.24) is 29.4 Å². The standard InChI is InChI=1S/C55H71N9O18P2S2/c1-5-62(6-2)37-22-24-40-39(35(3)49(80-43(40)31-37)36-17-10-9-11-18-36)19-14-20-45-55(4,41-32-38(86(76,77)78)23-25-42(41)63(45)29-16-30-85(73,74)75)26-15-21-46(65)57-27-12-7-8-13-28-58-54-61-47-51(56)59-34-60-52(47)64(54)53-48(66)50(82-84(70,71)72)44(81-53)33-79-83(67,68)69/h9-11,14,17-20,22-25,31-32,34,44,48,50,53,66H,5-8,12-13,15-16,21,26-30,33H2,1-4H3,(H9-,56,57,58,59,60,61,65,67,68,69,70,71,72,73,74,75,76,77,78)/t44-,48-,50-,53-,55?/m1/s1. The zero-order valence-electron chi connectivity index (χ0n) is 47.6. The van der Waals surface area contributed by atoms with Gasteiger partial charge in [0, 0.05) is 71.4 Å². The molecule has 10 N–H and O–H groups in total. The third-order valence-corrected chi connectivity index (χ3v) is 17.8. The number of amides is 1. The molecule has 1 unspecified atom stereocenters. The van der Waals surface area contributed by atoms with Gasteiger partial charge in [-0.2, -0.15) is 8.42 Å². The van der Waals surface area contributed by atoms with Crippen LogP contribution in [0.2, 0.25) is 0 Å². The van der Waals surface area contributed by atoms with E-state index in [4.69, 9.17) is 19.4 Å². The fraction of sp³-hybridized carbons (Fsp3) is 0.436. The molecule has 3 aliphatic heterocycles. The average Bonchev–Trinajstić information content (AvgIpc) is 1.61. The van der Waals surface area contributed by atoms with Crippen molar-refractivity contribution < 1.29 is 82.7 Å². The van der Waals surface area contributed by atoms with E-state index in [1.54, 1.807) is 6.07 Å². The van der Waals surface area contributed by atoms with Crippen LogP contribution in [0.1, 0.15) is 95.1 Å². The number of carbonyl (C=O) groups excluding carboxylic acids is 1. The number of rotatable bonds is 28. The molecule has 0 saturated carbocycles. The summed E-state index contributed by atoms with van der Waals surface area (Å²) >= 11 is 0. The Morgan fingerprint density at radius 3 is 2.34 bits per heavy atom. The van der Waals surface area contributed by atoms with Gasteiger partial charge < -0.3 is 59.7 Å². The van der Waals surface area contributed by atoms with Gasteiger partial charge in [-0.3, -0.25) is 23.0 Å². The summed E-state index contributed by atoms with van der Waals surface area (Å²) in [6.45, 7) is 9.41. The second-order valence-corrected chi connectivity index (χ2v) is 26.4. The Kier molecular flexibility index (Phi) is 20.9. The van der Waals surface area contributed by atoms with E-state index >= 15 is 0 Å². The lowest BCUT2D eigenvalue weighted by atomic mass is 9.77. The number of benzene rings is 3. The second kappa shape index (κ2) is 27.4. The van der Waals surface area contributed by atoms with E-state index in [9.17, 15) is 64.5 Å². The summed E-state index contributed by atoms with van der Waals surface area (Å²) in [7, 11) is -19.7. The van der Waals surface area contributed by atoms with Gasteiger partial charge in [-0.25, -0.2) is 37.1 Å². The average molecular weight is 1270 g/mol. The van der Waals surface area contributed by atoms with Crippen LogP contribution in [-0.4, -0.2) is 139 Å². The normalized spacial score (nSPS) is 19.8. The summed E-state index contributed by atoms with van der Waals surface area (Å²) in [5.41, 5.74) is 10.4. The van der Waals surface area contributed by atoms with Crippen LogP contribution in [0.15, 0.2) is 100 Å². The summed E-state index contributed by atoms with van der Waals surface area (Å²) in [5.74, 6) is 0.466. The number of anilines is 3. The summed E-state index contributed by atoms with van der Waals surface area (Å²) in [5, 5.41) is 18.4. The van der Waals surface area contributed by atoms with Gasteiger partial charge in [0.05, 0.1) is 27.7 Å². The van der Waals surface area contributed by atoms with Crippen LogP contribution in [0, 0.1) is 6.92 Å². The molecule has 1 saturated heterocycles. The Morgan fingerprint density at radius 2 is 1.66 bits per heavy atom. The maximum Gasteiger partial charge on any atom is 0.470 e. The predicted octanol–water partition coefficient (Wildman–Crippen LogP) is 5.56. The van der Waals surface area contributed by atoms with Crippen molar-refractivity contribution in [2.45, 2.75) is 114 Å². The Bertz CT molecular complexity index is 3870. The highest BCUT2D eigenvalue weighted by Gasteiger charge is 2.50. The molecule has 466 valence electrons. The first-order valence-corrected chi connectivity index (χ1v) is 33.9. The Balaban J connectivity index is 0.951. The minimum Gasteiger partial charge on any atom is -0.748 e. The van der Waals surface area contributed by atoms with E-state index in [-0.39, 0.29) is 53.1 Å². The predicted molar refractivity (Wildman–Crippen MR) is 317 cm³/mol. The molecule has 27 nitrogen and oxygen atoms in total. The first kappa shape index (κ1) is 65.7. The molecule has 2 aromatic heterocycles. The highest BCUT2D eigenvalue weighted by Crippen LogP contribution is 2.52. The van der Waals surface area contributed by atoms with E-state index in [2.05, 4.69) is 54.6 Å². The van der Waals surface area contributed by atoms with Gasteiger partial charge in [0.15, 0.2) is 23.2 Å². The lowest BCUT2D eigenvalue weighted by Crippen LogP contribution is -2.36. The molecule has 0 radical (unpaired) electrons. The van der Waals surface area contributed by atoms with Crippen molar-refractivity contribution in [2.75, 3.05) is 61.0 Å². The van der Waals surface area contributed by atoms with Gasteiger partial charge in [0.1, 0.15) is 49.2 Å². The van der Waals surface area contributed by atoms with Crippen LogP contribution >= 0.6 is 15.6 Å². The molecule has 4 aliphatic rings. The second-order valence-electron chi connectivity index (χ2n) is 21.0. The number of carbonyl (C=O) groups is 1. The van der Waals surface area contributed by atoms with Crippen LogP contribution in [0.25, 0.3) is 39.9 Å². The van der Waals surface area contributed by atoms with Crippen LogP contribution < -0.4 is 31.2 Å². The van der Waals surface area contributed by atoms with Gasteiger partial charge in [-0.15, -0.1) is 0 Å². The molecule has 86 heavy (non-hydrogen) atoms. The van der Waals surface area contributed by atoms with Crippen LogP contribution in [0.3, 0.4) is 0 Å². The maximum atomic E-state index is 13.5. The van der Waals surface area contributed by atoms with Gasteiger partial charge in [-0.1, -0.05) is 55.3 Å². The summed E-state index contributed by atoms with van der Waals surface area (Å²) < 4.78 is 120. The third-order valence-electron chi connectivity index (χ3n) is 15.2. The summed E-state index contributed by atoms with van der Waals surface area (Å²) in [6, 6.07) is 20.0. The number of fused-ring (bicyclic) bond motifs is 3. The van der Waals surface area contributed by atoms with Crippen molar-refractivity contribution in [3.8, 4) is 22.6 Å². The van der Waals surface area contributed by atoms with Crippen LogP contribution in [0.5, 0.6) is 0 Å². The summed E-state index contributed by atoms with van der Waals surface area (Å²) in [4.78, 5) is 65.3. The number of hydrogen-bond donors (Lipinski definition) is 9. The number of phosphoric acid groups is 2. The lowest BCUT2D eigenvalue weighted by Gasteiger charge is -2.30. The number of nitrogen functional groups attached to an aromatic ring is 1. The first-order valence-electron chi connectivity index (χ1n) is 27.8. The van der Waals surface area contributed by atoms with Crippen LogP contribution in [0.4, 0.5) is 17.5 Å². The summed E-state index contributed by atoms with van der Waals surface area (Å²) in [6.07, 6.45) is 3.19. The van der Waals surface area contributed by atoms with Gasteiger partial charge >= 0.3 is 15.6 Å². The molecule has 5 heterocycles. The number of aliphatic hydroxyl groups is 1. The molecule has 0 bridgehead atoms. The molecule has 5 atom stereocenters.